The van der Waals surface area contributed by atoms with Gasteiger partial charge in [0.15, 0.2) is 8.32 Å². The molecule has 29 heavy (non-hydrogen) atoms. The average Bonchev–Trinajstić information content (AvgIpc) is 2.58. The van der Waals surface area contributed by atoms with Gasteiger partial charge in [-0.05, 0) is 57.2 Å². The van der Waals surface area contributed by atoms with Crippen molar-refractivity contribution in [1.82, 2.24) is 4.90 Å². The third kappa shape index (κ3) is 8.91. The van der Waals surface area contributed by atoms with Gasteiger partial charge in [0.05, 0.1) is 6.61 Å². The molecule has 0 aliphatic heterocycles. The molecule has 0 aromatic carbocycles. The number of ether oxygens (including phenoxy) is 1. The van der Waals surface area contributed by atoms with Gasteiger partial charge in [0.1, 0.15) is 0 Å². The first-order chi connectivity index (χ1) is 13.3. The largest absolute Gasteiger partial charge is 0.449 e. The highest BCUT2D eigenvalue weighted by atomic mass is 28.4. The lowest BCUT2D eigenvalue weighted by Gasteiger charge is -2.39. The zero-order valence-corrected chi connectivity index (χ0v) is 20.7. The molecule has 0 bridgehead atoms. The summed E-state index contributed by atoms with van der Waals surface area (Å²) < 4.78 is 38.9. The number of carbonyl (C=O) groups excluding carboxylic acids is 1. The van der Waals surface area contributed by atoms with Crippen LogP contribution in [0.2, 0.25) is 18.1 Å². The summed E-state index contributed by atoms with van der Waals surface area (Å²) in [5.41, 5.74) is 0. The number of hydrogen-bond acceptors (Lipinski definition) is 3. The van der Waals surface area contributed by atoms with Crippen LogP contribution in [-0.4, -0.2) is 50.5 Å². The Morgan fingerprint density at radius 2 is 1.79 bits per heavy atom. The van der Waals surface area contributed by atoms with Crippen LogP contribution in [-0.2, 0) is 9.16 Å². The van der Waals surface area contributed by atoms with Crippen molar-refractivity contribution < 1.29 is 22.7 Å². The smallest absolute Gasteiger partial charge is 0.410 e. The number of amides is 1. The Morgan fingerprint density at radius 1 is 1.21 bits per heavy atom. The summed E-state index contributed by atoms with van der Waals surface area (Å²) in [7, 11) is -1.83. The van der Waals surface area contributed by atoms with Gasteiger partial charge in [-0.2, -0.15) is 0 Å². The molecular weight excluding hydrogens is 392 g/mol. The highest BCUT2D eigenvalue weighted by molar-refractivity contribution is 6.74. The van der Waals surface area contributed by atoms with E-state index in [0.29, 0.717) is 26.0 Å². The Bertz CT molecular complexity index is 499. The third-order valence-corrected chi connectivity index (χ3v) is 11.0. The van der Waals surface area contributed by atoms with Crippen molar-refractivity contribution in [3.63, 3.8) is 0 Å². The van der Waals surface area contributed by atoms with E-state index in [-0.39, 0.29) is 36.1 Å². The van der Waals surface area contributed by atoms with Gasteiger partial charge in [-0.3, -0.25) is 0 Å². The highest BCUT2D eigenvalue weighted by Gasteiger charge is 2.39. The molecule has 0 spiro atoms. The topological polar surface area (TPSA) is 38.8 Å². The Morgan fingerprint density at radius 3 is 2.31 bits per heavy atom. The van der Waals surface area contributed by atoms with Crippen LogP contribution in [0.15, 0.2) is 0 Å². The first kappa shape index (κ1) is 26.3. The molecule has 0 aromatic rings. The van der Waals surface area contributed by atoms with Crippen LogP contribution in [0.5, 0.6) is 0 Å². The average molecular weight is 436 g/mol. The summed E-state index contributed by atoms with van der Waals surface area (Å²) in [6.07, 6.45) is 3.53. The van der Waals surface area contributed by atoms with Crippen LogP contribution in [0.1, 0.15) is 86.0 Å². The van der Waals surface area contributed by atoms with Gasteiger partial charge < -0.3 is 14.1 Å². The molecule has 172 valence electrons. The molecule has 1 aliphatic carbocycles. The fraction of sp³-hybridized carbons (Fsp3) is 0.955. The van der Waals surface area contributed by atoms with E-state index < -0.39 is 14.2 Å². The third-order valence-electron chi connectivity index (χ3n) is 6.40. The van der Waals surface area contributed by atoms with Crippen molar-refractivity contribution in [1.29, 1.82) is 0 Å². The van der Waals surface area contributed by atoms with Gasteiger partial charge in [-0.25, -0.2) is 13.6 Å². The second-order valence-electron chi connectivity index (χ2n) is 10.1. The molecular formula is C22H43F2NO3Si. The summed E-state index contributed by atoms with van der Waals surface area (Å²) in [6, 6.07) is -0.152. The van der Waals surface area contributed by atoms with Gasteiger partial charge in [0.25, 0.3) is 0 Å². The number of hydrogen-bond donors (Lipinski definition) is 0. The predicted octanol–water partition coefficient (Wildman–Crippen LogP) is 6.99. The Labute approximate surface area is 177 Å². The second kappa shape index (κ2) is 11.1. The van der Waals surface area contributed by atoms with Crippen molar-refractivity contribution in [3.8, 4) is 0 Å². The fourth-order valence-electron chi connectivity index (χ4n) is 3.43. The van der Waals surface area contributed by atoms with Crippen LogP contribution < -0.4 is 0 Å². The molecule has 4 nitrogen and oxygen atoms in total. The molecule has 0 saturated heterocycles. The molecule has 1 atom stereocenters. The van der Waals surface area contributed by atoms with Crippen molar-refractivity contribution in [3.05, 3.63) is 0 Å². The summed E-state index contributed by atoms with van der Waals surface area (Å²) in [6.45, 7) is 16.2. The number of rotatable bonds is 10. The quantitative estimate of drug-likeness (QED) is 0.274. The fourth-order valence-corrected chi connectivity index (χ4v) is 4.91. The first-order valence-electron chi connectivity index (χ1n) is 11.3. The number of unbranched alkanes of at least 4 members (excludes halogenated alkanes) is 1. The Balaban J connectivity index is 2.61. The minimum Gasteiger partial charge on any atom is -0.449 e. The minimum atomic E-state index is -2.60. The predicted molar refractivity (Wildman–Crippen MR) is 117 cm³/mol. The standard InChI is InChI=1S/C22H43F2NO3Si/c1-8-9-17-27-20(26)25(19-12-14-22(23,24)15-13-19)16-10-11-18(2)28-29(6,7)21(3,4)5/h18-19H,8-17H2,1-7H3/t18-/m0/s1. The van der Waals surface area contributed by atoms with E-state index in [1.165, 1.54) is 0 Å². The first-order valence-corrected chi connectivity index (χ1v) is 14.2. The maximum atomic E-state index is 13.6. The Hall–Kier alpha value is -0.693. The molecule has 1 amide bonds. The molecule has 0 radical (unpaired) electrons. The van der Waals surface area contributed by atoms with Crippen LogP contribution in [0.3, 0.4) is 0 Å². The Kier molecular flexibility index (Phi) is 10.1. The maximum Gasteiger partial charge on any atom is 0.410 e. The molecule has 0 unspecified atom stereocenters. The van der Waals surface area contributed by atoms with Crippen molar-refractivity contribution in [2.45, 2.75) is 122 Å². The number of carbonyl (C=O) groups is 1. The number of halogens is 2. The number of alkyl halides is 2. The second-order valence-corrected chi connectivity index (χ2v) is 14.8. The van der Waals surface area contributed by atoms with Crippen LogP contribution in [0.25, 0.3) is 0 Å². The van der Waals surface area contributed by atoms with Crippen molar-refractivity contribution >= 4 is 14.4 Å². The lowest BCUT2D eigenvalue weighted by atomic mass is 9.91. The summed E-state index contributed by atoms with van der Waals surface area (Å²) in [4.78, 5) is 14.3. The van der Waals surface area contributed by atoms with Crippen LogP contribution in [0, 0.1) is 0 Å². The maximum absolute atomic E-state index is 13.6. The summed E-state index contributed by atoms with van der Waals surface area (Å²) in [5.74, 6) is -2.60. The molecule has 1 aliphatic rings. The van der Waals surface area contributed by atoms with Crippen molar-refractivity contribution in [2.24, 2.45) is 0 Å². The van der Waals surface area contributed by atoms with E-state index in [1.807, 2.05) is 6.92 Å². The van der Waals surface area contributed by atoms with E-state index in [4.69, 9.17) is 9.16 Å². The summed E-state index contributed by atoms with van der Waals surface area (Å²) >= 11 is 0. The molecule has 7 heteroatoms. The molecule has 1 rings (SSSR count). The van der Waals surface area contributed by atoms with Crippen LogP contribution in [0.4, 0.5) is 13.6 Å². The zero-order chi connectivity index (χ0) is 22.3. The minimum absolute atomic E-state index is 0.115. The van der Waals surface area contributed by atoms with Crippen molar-refractivity contribution in [2.75, 3.05) is 13.2 Å². The molecule has 1 saturated carbocycles. The molecule has 0 N–H and O–H groups in total. The van der Waals surface area contributed by atoms with Gasteiger partial charge in [0, 0.05) is 31.5 Å². The van der Waals surface area contributed by atoms with Gasteiger partial charge >= 0.3 is 6.09 Å². The highest BCUT2D eigenvalue weighted by Crippen LogP contribution is 2.38. The monoisotopic (exact) mass is 435 g/mol. The van der Waals surface area contributed by atoms with Gasteiger partial charge in [-0.15, -0.1) is 0 Å². The van der Waals surface area contributed by atoms with E-state index in [1.54, 1.807) is 4.90 Å². The van der Waals surface area contributed by atoms with E-state index in [9.17, 15) is 13.6 Å². The molecule has 1 fully saturated rings. The molecule has 0 heterocycles. The summed E-state index contributed by atoms with van der Waals surface area (Å²) in [5, 5.41) is 0.156. The van der Waals surface area contributed by atoms with E-state index in [0.717, 1.165) is 25.7 Å². The normalized spacial score (nSPS) is 19.1. The van der Waals surface area contributed by atoms with Gasteiger partial charge in [-0.1, -0.05) is 34.1 Å². The van der Waals surface area contributed by atoms with Gasteiger partial charge in [0.2, 0.25) is 5.92 Å². The molecule has 0 aromatic heterocycles. The zero-order valence-electron chi connectivity index (χ0n) is 19.7. The van der Waals surface area contributed by atoms with E-state index >= 15 is 0 Å². The lowest BCUT2D eigenvalue weighted by Crippen LogP contribution is -2.45. The number of nitrogens with zero attached hydrogens (tertiary/aromatic N) is 1. The van der Waals surface area contributed by atoms with Crippen LogP contribution >= 0.6 is 0 Å². The SMILES string of the molecule is CCCCOC(=O)N(CCC[C@H](C)O[Si](C)(C)C(C)(C)C)C1CCC(F)(F)CC1. The van der Waals surface area contributed by atoms with E-state index in [2.05, 4.69) is 40.8 Å². The lowest BCUT2D eigenvalue weighted by molar-refractivity contribution is -0.0530.